The van der Waals surface area contributed by atoms with Gasteiger partial charge in [0.25, 0.3) is 11.8 Å². The van der Waals surface area contributed by atoms with E-state index in [1.54, 1.807) is 17.0 Å². The van der Waals surface area contributed by atoms with Crippen molar-refractivity contribution in [3.63, 3.8) is 0 Å². The molecule has 0 saturated carbocycles. The van der Waals surface area contributed by atoms with Gasteiger partial charge in [-0.25, -0.2) is 4.98 Å². The molecule has 1 aromatic heterocycles. The Balaban J connectivity index is 1.75. The molecular weight excluding hydrogens is 496 g/mol. The minimum Gasteiger partial charge on any atom is -0.323 e. The summed E-state index contributed by atoms with van der Waals surface area (Å²) in [6.45, 7) is 10.2. The number of imidazole rings is 1. The molecule has 0 saturated heterocycles. The lowest BCUT2D eigenvalue weighted by Gasteiger charge is -2.36. The van der Waals surface area contributed by atoms with Crippen LogP contribution in [-0.4, -0.2) is 21.4 Å². The summed E-state index contributed by atoms with van der Waals surface area (Å²) in [4.78, 5) is 35.4. The van der Waals surface area contributed by atoms with Crippen molar-refractivity contribution in [3.8, 4) is 11.4 Å². The molecule has 0 aliphatic carbocycles. The van der Waals surface area contributed by atoms with Gasteiger partial charge in [-0.05, 0) is 69.0 Å². The molecule has 38 heavy (non-hydrogen) atoms. The highest BCUT2D eigenvalue weighted by Gasteiger charge is 2.64. The summed E-state index contributed by atoms with van der Waals surface area (Å²) in [7, 11) is 0. The molecule has 7 heteroatoms. The number of nitrogens with zero attached hydrogens (tertiary/aromatic N) is 3. The van der Waals surface area contributed by atoms with Gasteiger partial charge in [0.2, 0.25) is 0 Å². The molecule has 2 aliphatic rings. The molecule has 6 rings (SSSR count). The third-order valence-corrected chi connectivity index (χ3v) is 7.94. The van der Waals surface area contributed by atoms with E-state index in [1.165, 1.54) is 0 Å². The van der Waals surface area contributed by atoms with Gasteiger partial charge in [0.15, 0.2) is 11.2 Å². The number of aryl methyl sites for hydroxylation is 3. The molecule has 0 bridgehead atoms. The van der Waals surface area contributed by atoms with Crippen LogP contribution in [0.15, 0.2) is 60.7 Å². The summed E-state index contributed by atoms with van der Waals surface area (Å²) in [6.07, 6.45) is 0.821. The third-order valence-electron chi connectivity index (χ3n) is 7.70. The monoisotopic (exact) mass is 524 g/mol. The van der Waals surface area contributed by atoms with Crippen molar-refractivity contribution in [2.24, 2.45) is 0 Å². The highest BCUT2D eigenvalue weighted by atomic mass is 35.5. The minimum absolute atomic E-state index is 0.0708. The standard InChI is InChI=1S/C31H29ClN4O2/c1-6-20-9-7-8-10-22(20)28-34-26-27(35(28)17(2)3)31(23-14-13-21(32)16-24(23)33-30(31)38)36(29(26)37)25-15-18(4)11-12-19(25)5/h7-17H,6H2,1-5H3,(H,33,38). The highest BCUT2D eigenvalue weighted by molar-refractivity contribution is 6.31. The number of amides is 2. The quantitative estimate of drug-likeness (QED) is 0.318. The van der Waals surface area contributed by atoms with Crippen LogP contribution in [0.3, 0.4) is 0 Å². The normalized spacial score (nSPS) is 17.9. The second kappa shape index (κ2) is 8.57. The van der Waals surface area contributed by atoms with Crippen molar-refractivity contribution in [2.45, 2.75) is 52.6 Å². The van der Waals surface area contributed by atoms with Crippen LogP contribution in [-0.2, 0) is 16.8 Å². The fraction of sp³-hybridized carbons (Fsp3) is 0.258. The maximum absolute atomic E-state index is 14.5. The fourth-order valence-corrected chi connectivity index (χ4v) is 6.18. The van der Waals surface area contributed by atoms with Gasteiger partial charge in [-0.15, -0.1) is 0 Å². The average Bonchev–Trinajstić information content (AvgIpc) is 3.49. The fourth-order valence-electron chi connectivity index (χ4n) is 6.01. The maximum Gasteiger partial charge on any atom is 0.280 e. The largest absolute Gasteiger partial charge is 0.323 e. The number of carbonyl (C=O) groups is 2. The van der Waals surface area contributed by atoms with E-state index in [-0.39, 0.29) is 17.9 Å². The Morgan fingerprint density at radius 2 is 1.79 bits per heavy atom. The molecule has 1 spiro atoms. The zero-order chi connectivity index (χ0) is 26.9. The van der Waals surface area contributed by atoms with Crippen molar-refractivity contribution in [1.82, 2.24) is 9.55 Å². The molecular formula is C31H29ClN4O2. The van der Waals surface area contributed by atoms with Crippen molar-refractivity contribution in [1.29, 1.82) is 0 Å². The Labute approximate surface area is 227 Å². The number of hydrogen-bond donors (Lipinski definition) is 1. The van der Waals surface area contributed by atoms with Crippen molar-refractivity contribution in [3.05, 3.63) is 99.3 Å². The van der Waals surface area contributed by atoms with Crippen molar-refractivity contribution < 1.29 is 9.59 Å². The number of halogens is 1. The van der Waals surface area contributed by atoms with Gasteiger partial charge >= 0.3 is 0 Å². The van der Waals surface area contributed by atoms with E-state index in [0.29, 0.717) is 39.2 Å². The molecule has 1 atom stereocenters. The smallest absolute Gasteiger partial charge is 0.280 e. The minimum atomic E-state index is -1.43. The van der Waals surface area contributed by atoms with Gasteiger partial charge in [0.1, 0.15) is 5.82 Å². The topological polar surface area (TPSA) is 67.2 Å². The lowest BCUT2D eigenvalue weighted by atomic mass is 9.86. The van der Waals surface area contributed by atoms with Crippen molar-refractivity contribution >= 4 is 34.8 Å². The van der Waals surface area contributed by atoms with E-state index in [0.717, 1.165) is 28.7 Å². The summed E-state index contributed by atoms with van der Waals surface area (Å²) >= 11 is 6.34. The van der Waals surface area contributed by atoms with E-state index in [4.69, 9.17) is 16.6 Å². The van der Waals surface area contributed by atoms with Crippen molar-refractivity contribution in [2.75, 3.05) is 10.2 Å². The van der Waals surface area contributed by atoms with Gasteiger partial charge in [-0.3, -0.25) is 14.5 Å². The number of carbonyl (C=O) groups excluding carboxylic acids is 2. The summed E-state index contributed by atoms with van der Waals surface area (Å²) in [5, 5.41) is 3.56. The molecule has 0 radical (unpaired) electrons. The lowest BCUT2D eigenvalue weighted by Crippen LogP contribution is -2.51. The zero-order valence-electron chi connectivity index (χ0n) is 22.1. The number of anilines is 2. The predicted molar refractivity (Wildman–Crippen MR) is 151 cm³/mol. The number of nitrogens with one attached hydrogen (secondary N) is 1. The first-order valence-electron chi connectivity index (χ1n) is 12.9. The number of benzene rings is 3. The second-order valence-corrected chi connectivity index (χ2v) is 10.8. The van der Waals surface area contributed by atoms with Gasteiger partial charge in [0, 0.05) is 33.6 Å². The Morgan fingerprint density at radius 1 is 1.03 bits per heavy atom. The molecule has 3 aromatic carbocycles. The SMILES string of the molecule is CCc1ccccc1-c1nc2c(n1C(C)C)C1(C(=O)Nc3cc(Cl)ccc31)N(c1cc(C)ccc1C)C2=O. The van der Waals surface area contributed by atoms with E-state index in [1.807, 2.05) is 56.3 Å². The zero-order valence-corrected chi connectivity index (χ0v) is 22.8. The van der Waals surface area contributed by atoms with E-state index >= 15 is 0 Å². The maximum atomic E-state index is 14.5. The first-order chi connectivity index (χ1) is 18.2. The molecule has 2 amide bonds. The molecule has 4 aromatic rings. The van der Waals surface area contributed by atoms with Crippen LogP contribution in [0, 0.1) is 13.8 Å². The van der Waals surface area contributed by atoms with E-state index < -0.39 is 5.54 Å². The van der Waals surface area contributed by atoms with Gasteiger partial charge < -0.3 is 9.88 Å². The summed E-state index contributed by atoms with van der Waals surface area (Å²) in [6, 6.07) is 19.4. The molecule has 2 aliphatic heterocycles. The number of hydrogen-bond acceptors (Lipinski definition) is 3. The van der Waals surface area contributed by atoms with Crippen LogP contribution >= 0.6 is 11.6 Å². The van der Waals surface area contributed by atoms with Crippen LogP contribution in [0.5, 0.6) is 0 Å². The Bertz CT molecular complexity index is 1650. The molecule has 1 N–H and O–H groups in total. The molecule has 6 nitrogen and oxygen atoms in total. The average molecular weight is 525 g/mol. The van der Waals surface area contributed by atoms with Gasteiger partial charge in [0.05, 0.1) is 5.69 Å². The predicted octanol–water partition coefficient (Wildman–Crippen LogP) is 6.82. The van der Waals surface area contributed by atoms with Gasteiger partial charge in [-0.2, -0.15) is 0 Å². The van der Waals surface area contributed by atoms with E-state index in [9.17, 15) is 9.59 Å². The molecule has 3 heterocycles. The summed E-state index contributed by atoms with van der Waals surface area (Å²) < 4.78 is 2.08. The summed E-state index contributed by atoms with van der Waals surface area (Å²) in [5.74, 6) is 0.118. The Kier molecular flexibility index (Phi) is 5.51. The number of fused-ring (bicyclic) bond motifs is 4. The van der Waals surface area contributed by atoms with Crippen LogP contribution in [0.2, 0.25) is 5.02 Å². The van der Waals surface area contributed by atoms with Crippen LogP contribution < -0.4 is 10.2 Å². The van der Waals surface area contributed by atoms with Crippen LogP contribution in [0.25, 0.3) is 11.4 Å². The summed E-state index contributed by atoms with van der Waals surface area (Å²) in [5.41, 5.74) is 5.45. The van der Waals surface area contributed by atoms with Crippen LogP contribution in [0.1, 0.15) is 65.2 Å². The first-order valence-corrected chi connectivity index (χ1v) is 13.3. The van der Waals surface area contributed by atoms with Gasteiger partial charge in [-0.1, -0.05) is 61.0 Å². The highest BCUT2D eigenvalue weighted by Crippen LogP contribution is 2.54. The van der Waals surface area contributed by atoms with Crippen LogP contribution in [0.4, 0.5) is 11.4 Å². The Hall–Kier alpha value is -3.90. The Morgan fingerprint density at radius 3 is 2.53 bits per heavy atom. The first kappa shape index (κ1) is 24.4. The molecule has 192 valence electrons. The number of aromatic nitrogens is 2. The third kappa shape index (κ3) is 3.16. The lowest BCUT2D eigenvalue weighted by molar-refractivity contribution is -0.119. The molecule has 1 unspecified atom stereocenters. The van der Waals surface area contributed by atoms with E-state index in [2.05, 4.69) is 36.7 Å². The second-order valence-electron chi connectivity index (χ2n) is 10.4. The molecule has 0 fully saturated rings. The number of rotatable bonds is 4.